The lowest BCUT2D eigenvalue weighted by molar-refractivity contribution is -0.130. The van der Waals surface area contributed by atoms with Crippen molar-refractivity contribution in [3.63, 3.8) is 0 Å². The molecule has 1 atom stereocenters. The van der Waals surface area contributed by atoms with E-state index in [0.717, 1.165) is 18.4 Å². The Bertz CT molecular complexity index is 812. The molecule has 1 aliphatic carbocycles. The quantitative estimate of drug-likeness (QED) is 0.670. The third-order valence-corrected chi connectivity index (χ3v) is 4.60. The van der Waals surface area contributed by atoms with Gasteiger partial charge in [0.2, 0.25) is 5.91 Å². The second kappa shape index (κ2) is 8.99. The van der Waals surface area contributed by atoms with Crippen LogP contribution in [0.15, 0.2) is 53.0 Å². The molecule has 2 aromatic rings. The highest BCUT2D eigenvalue weighted by Crippen LogP contribution is 2.21. The van der Waals surface area contributed by atoms with Crippen molar-refractivity contribution < 1.29 is 18.7 Å². The Labute approximate surface area is 165 Å². The summed E-state index contributed by atoms with van der Waals surface area (Å²) in [6.45, 7) is -0.374. The van der Waals surface area contributed by atoms with Gasteiger partial charge in [0.05, 0.1) is 0 Å². The van der Waals surface area contributed by atoms with Crippen molar-refractivity contribution in [3.8, 4) is 5.75 Å². The van der Waals surface area contributed by atoms with Gasteiger partial charge in [-0.2, -0.15) is 0 Å². The molecule has 2 aromatic carbocycles. The lowest BCUT2D eigenvalue weighted by Gasteiger charge is -2.19. The van der Waals surface area contributed by atoms with Crippen LogP contribution in [0, 0.1) is 5.82 Å². The number of amides is 2. The van der Waals surface area contributed by atoms with Crippen molar-refractivity contribution in [3.05, 3.63) is 64.4 Å². The molecule has 0 aromatic heterocycles. The van der Waals surface area contributed by atoms with Gasteiger partial charge in [-0.1, -0.05) is 46.3 Å². The Morgan fingerprint density at radius 1 is 1.19 bits per heavy atom. The van der Waals surface area contributed by atoms with E-state index in [2.05, 4.69) is 26.6 Å². The highest BCUT2D eigenvalue weighted by Gasteiger charge is 2.28. The minimum absolute atomic E-state index is 0.0182. The average molecular weight is 435 g/mol. The van der Waals surface area contributed by atoms with Crippen molar-refractivity contribution in [2.45, 2.75) is 31.3 Å². The predicted molar refractivity (Wildman–Crippen MR) is 103 cm³/mol. The van der Waals surface area contributed by atoms with Crippen LogP contribution in [0.2, 0.25) is 0 Å². The Balaban J connectivity index is 1.59. The Kier molecular flexibility index (Phi) is 6.45. The van der Waals surface area contributed by atoms with Gasteiger partial charge >= 0.3 is 0 Å². The van der Waals surface area contributed by atoms with Gasteiger partial charge in [0.25, 0.3) is 5.91 Å². The molecule has 2 amide bonds. The zero-order valence-corrected chi connectivity index (χ0v) is 16.2. The van der Waals surface area contributed by atoms with E-state index >= 15 is 0 Å². The van der Waals surface area contributed by atoms with Gasteiger partial charge in [0.15, 0.2) is 18.2 Å². The first kappa shape index (κ1) is 19.4. The number of carbonyl (C=O) groups excluding carboxylic acids is 2. The van der Waals surface area contributed by atoms with Crippen LogP contribution in [-0.4, -0.2) is 30.5 Å². The van der Waals surface area contributed by atoms with E-state index in [1.54, 1.807) is 6.07 Å². The van der Waals surface area contributed by atoms with Crippen molar-refractivity contribution in [1.29, 1.82) is 0 Å². The first-order valence-corrected chi connectivity index (χ1v) is 9.52. The molecule has 1 unspecified atom stereocenters. The number of rotatable bonds is 8. The van der Waals surface area contributed by atoms with E-state index in [1.165, 1.54) is 12.1 Å². The Morgan fingerprint density at radius 3 is 2.59 bits per heavy atom. The molecule has 1 fully saturated rings. The van der Waals surface area contributed by atoms with Crippen LogP contribution in [0.3, 0.4) is 0 Å². The molecule has 1 aliphatic rings. The summed E-state index contributed by atoms with van der Waals surface area (Å²) in [6.07, 6.45) is 2.30. The third kappa shape index (κ3) is 6.06. The SMILES string of the molecule is O=C(COc1ccc(Br)cc1F)NC(Cc1ccccc1)C(=O)NC1CC1. The summed E-state index contributed by atoms with van der Waals surface area (Å²) in [5, 5.41) is 5.60. The summed E-state index contributed by atoms with van der Waals surface area (Å²) in [5.41, 5.74) is 0.939. The van der Waals surface area contributed by atoms with Gasteiger partial charge in [0.1, 0.15) is 6.04 Å². The molecule has 0 heterocycles. The standard InChI is InChI=1S/C20H20BrFN2O3/c21-14-6-9-18(16(22)11-14)27-12-19(25)24-17(20(26)23-15-7-8-15)10-13-4-2-1-3-5-13/h1-6,9,11,15,17H,7-8,10,12H2,(H,23,26)(H,24,25). The maximum Gasteiger partial charge on any atom is 0.258 e. The summed E-state index contributed by atoms with van der Waals surface area (Å²) < 4.78 is 19.6. The van der Waals surface area contributed by atoms with E-state index in [1.807, 2.05) is 30.3 Å². The molecule has 2 N–H and O–H groups in total. The monoisotopic (exact) mass is 434 g/mol. The molecule has 0 saturated heterocycles. The molecule has 0 spiro atoms. The summed E-state index contributed by atoms with van der Waals surface area (Å²) in [4.78, 5) is 24.7. The first-order valence-electron chi connectivity index (χ1n) is 8.73. The van der Waals surface area contributed by atoms with E-state index in [9.17, 15) is 14.0 Å². The molecule has 0 bridgehead atoms. The van der Waals surface area contributed by atoms with Crippen LogP contribution in [0.25, 0.3) is 0 Å². The summed E-state index contributed by atoms with van der Waals surface area (Å²) in [6, 6.07) is 13.3. The van der Waals surface area contributed by atoms with Crippen molar-refractivity contribution in [2.75, 3.05) is 6.61 Å². The number of hydrogen-bond acceptors (Lipinski definition) is 3. The normalized spacial score (nSPS) is 14.3. The van der Waals surface area contributed by atoms with Gasteiger partial charge in [-0.3, -0.25) is 9.59 Å². The molecule has 0 aliphatic heterocycles. The summed E-state index contributed by atoms with van der Waals surface area (Å²) in [5.74, 6) is -1.28. The highest BCUT2D eigenvalue weighted by molar-refractivity contribution is 9.10. The minimum Gasteiger partial charge on any atom is -0.481 e. The smallest absolute Gasteiger partial charge is 0.258 e. The van der Waals surface area contributed by atoms with Gasteiger partial charge in [0, 0.05) is 16.9 Å². The van der Waals surface area contributed by atoms with E-state index in [0.29, 0.717) is 10.9 Å². The maximum atomic E-state index is 13.8. The van der Waals surface area contributed by atoms with Crippen molar-refractivity contribution in [2.24, 2.45) is 0 Å². The Hall–Kier alpha value is -2.41. The third-order valence-electron chi connectivity index (χ3n) is 4.11. The first-order chi connectivity index (χ1) is 13.0. The lowest BCUT2D eigenvalue weighted by atomic mass is 10.1. The zero-order chi connectivity index (χ0) is 19.2. The molecule has 7 heteroatoms. The van der Waals surface area contributed by atoms with Crippen molar-refractivity contribution >= 4 is 27.7 Å². The van der Waals surface area contributed by atoms with Gasteiger partial charge in [-0.15, -0.1) is 0 Å². The molecular formula is C20H20BrFN2O3. The van der Waals surface area contributed by atoms with Crippen molar-refractivity contribution in [1.82, 2.24) is 10.6 Å². The number of benzene rings is 2. The number of nitrogens with one attached hydrogen (secondary N) is 2. The number of carbonyl (C=O) groups is 2. The Morgan fingerprint density at radius 2 is 1.93 bits per heavy atom. The zero-order valence-electron chi connectivity index (χ0n) is 14.6. The van der Waals surface area contributed by atoms with Crippen LogP contribution >= 0.6 is 15.9 Å². The van der Waals surface area contributed by atoms with Crippen LogP contribution in [0.5, 0.6) is 5.75 Å². The van der Waals surface area contributed by atoms with E-state index < -0.39 is 17.8 Å². The second-order valence-electron chi connectivity index (χ2n) is 6.46. The molecule has 5 nitrogen and oxygen atoms in total. The van der Waals surface area contributed by atoms with Gasteiger partial charge in [-0.25, -0.2) is 4.39 Å². The van der Waals surface area contributed by atoms with Crippen LogP contribution in [0.1, 0.15) is 18.4 Å². The molecule has 27 heavy (non-hydrogen) atoms. The van der Waals surface area contributed by atoms with Gasteiger partial charge < -0.3 is 15.4 Å². The largest absolute Gasteiger partial charge is 0.481 e. The summed E-state index contributed by atoms with van der Waals surface area (Å²) in [7, 11) is 0. The minimum atomic E-state index is -0.709. The van der Waals surface area contributed by atoms with Gasteiger partial charge in [-0.05, 0) is 36.6 Å². The van der Waals surface area contributed by atoms with E-state index in [-0.39, 0.29) is 24.3 Å². The molecule has 142 valence electrons. The van der Waals surface area contributed by atoms with E-state index in [4.69, 9.17) is 4.74 Å². The molecule has 3 rings (SSSR count). The summed E-state index contributed by atoms with van der Waals surface area (Å²) >= 11 is 3.16. The van der Waals surface area contributed by atoms with Crippen LogP contribution in [0.4, 0.5) is 4.39 Å². The van der Waals surface area contributed by atoms with Crippen LogP contribution in [-0.2, 0) is 16.0 Å². The number of ether oxygens (including phenoxy) is 1. The average Bonchev–Trinajstić information content (AvgIpc) is 3.45. The van der Waals surface area contributed by atoms with Crippen LogP contribution < -0.4 is 15.4 Å². The predicted octanol–water partition coefficient (Wildman–Crippen LogP) is 2.97. The fourth-order valence-corrected chi connectivity index (χ4v) is 2.89. The molecule has 1 saturated carbocycles. The lowest BCUT2D eigenvalue weighted by Crippen LogP contribution is -2.49. The fourth-order valence-electron chi connectivity index (χ4n) is 2.56. The molecule has 0 radical (unpaired) electrons. The fraction of sp³-hybridized carbons (Fsp3) is 0.300. The number of halogens is 2. The molecular weight excluding hydrogens is 415 g/mol. The second-order valence-corrected chi connectivity index (χ2v) is 7.37. The number of hydrogen-bond donors (Lipinski definition) is 2. The maximum absolute atomic E-state index is 13.8. The topological polar surface area (TPSA) is 67.4 Å². The highest BCUT2D eigenvalue weighted by atomic mass is 79.9.